The Labute approximate surface area is 140 Å². The number of nitrogens with zero attached hydrogens (tertiary/aromatic N) is 1. The lowest BCUT2D eigenvalue weighted by atomic mass is 9.91. The zero-order valence-corrected chi connectivity index (χ0v) is 14.9. The maximum absolute atomic E-state index is 11.8. The molecule has 1 aliphatic carbocycles. The minimum Gasteiger partial charge on any atom is -0.444 e. The van der Waals surface area contributed by atoms with Crippen LogP contribution in [0.15, 0.2) is 0 Å². The van der Waals surface area contributed by atoms with E-state index in [0.29, 0.717) is 6.04 Å². The van der Waals surface area contributed by atoms with Gasteiger partial charge < -0.3 is 20.1 Å². The van der Waals surface area contributed by atoms with Gasteiger partial charge in [-0.2, -0.15) is 0 Å². The van der Waals surface area contributed by atoms with Gasteiger partial charge in [-0.3, -0.25) is 4.90 Å². The molecule has 2 aliphatic rings. The van der Waals surface area contributed by atoms with Gasteiger partial charge in [0, 0.05) is 38.3 Å². The zero-order chi connectivity index (χ0) is 16.7. The molecule has 2 rings (SSSR count). The van der Waals surface area contributed by atoms with Crippen LogP contribution in [0.3, 0.4) is 0 Å². The van der Waals surface area contributed by atoms with Gasteiger partial charge in [0.05, 0.1) is 13.2 Å². The van der Waals surface area contributed by atoms with E-state index in [4.69, 9.17) is 9.47 Å². The minimum absolute atomic E-state index is 0.252. The molecule has 6 nitrogen and oxygen atoms in total. The fraction of sp³-hybridized carbons (Fsp3) is 0.941. The normalized spacial score (nSPS) is 26.7. The van der Waals surface area contributed by atoms with Crippen molar-refractivity contribution in [3.05, 3.63) is 0 Å². The largest absolute Gasteiger partial charge is 0.444 e. The Morgan fingerprint density at radius 2 is 1.74 bits per heavy atom. The number of hydrogen-bond donors (Lipinski definition) is 2. The Kier molecular flexibility index (Phi) is 7.11. The van der Waals surface area contributed by atoms with Crippen molar-refractivity contribution in [2.24, 2.45) is 0 Å². The van der Waals surface area contributed by atoms with Gasteiger partial charge in [0.2, 0.25) is 0 Å². The Morgan fingerprint density at radius 1 is 1.13 bits per heavy atom. The molecule has 0 bridgehead atoms. The smallest absolute Gasteiger partial charge is 0.407 e. The van der Waals surface area contributed by atoms with Crippen molar-refractivity contribution < 1.29 is 14.3 Å². The average Bonchev–Trinajstić information content (AvgIpc) is 2.48. The van der Waals surface area contributed by atoms with Gasteiger partial charge in [-0.05, 0) is 46.5 Å². The molecule has 0 radical (unpaired) electrons. The quantitative estimate of drug-likeness (QED) is 0.805. The maximum atomic E-state index is 11.8. The molecule has 1 saturated heterocycles. The summed E-state index contributed by atoms with van der Waals surface area (Å²) in [5.74, 6) is 0. The Morgan fingerprint density at radius 3 is 2.35 bits per heavy atom. The summed E-state index contributed by atoms with van der Waals surface area (Å²) in [6, 6.07) is 0.829. The third-order valence-corrected chi connectivity index (χ3v) is 4.41. The molecule has 6 heteroatoms. The highest BCUT2D eigenvalue weighted by atomic mass is 16.6. The standard InChI is InChI=1S/C17H33N3O3/c1-17(2,3)23-16(21)19-15-6-4-14(5-7-15)18-8-9-20-10-12-22-13-11-20/h14-15,18H,4-13H2,1-3H3,(H,19,21). The van der Waals surface area contributed by atoms with Crippen molar-refractivity contribution in [1.82, 2.24) is 15.5 Å². The predicted octanol–water partition coefficient (Wildman–Crippen LogP) is 1.74. The highest BCUT2D eigenvalue weighted by Gasteiger charge is 2.24. The second-order valence-electron chi connectivity index (χ2n) is 7.60. The Balaban J connectivity index is 1.55. The van der Waals surface area contributed by atoms with Crippen LogP contribution in [0.2, 0.25) is 0 Å². The zero-order valence-electron chi connectivity index (χ0n) is 14.9. The van der Waals surface area contributed by atoms with E-state index >= 15 is 0 Å². The first-order valence-corrected chi connectivity index (χ1v) is 8.95. The van der Waals surface area contributed by atoms with Gasteiger partial charge >= 0.3 is 6.09 Å². The molecule has 0 aromatic carbocycles. The minimum atomic E-state index is -0.428. The number of rotatable bonds is 5. The topological polar surface area (TPSA) is 62.8 Å². The molecule has 2 N–H and O–H groups in total. The summed E-state index contributed by atoms with van der Waals surface area (Å²) >= 11 is 0. The fourth-order valence-electron chi connectivity index (χ4n) is 3.17. The molecule has 0 aromatic heterocycles. The summed E-state index contributed by atoms with van der Waals surface area (Å²) in [6.45, 7) is 11.6. The highest BCUT2D eigenvalue weighted by molar-refractivity contribution is 5.68. The summed E-state index contributed by atoms with van der Waals surface area (Å²) in [4.78, 5) is 14.2. The number of carbonyl (C=O) groups is 1. The van der Waals surface area contributed by atoms with Gasteiger partial charge in [-0.15, -0.1) is 0 Å². The first kappa shape index (κ1) is 18.5. The van der Waals surface area contributed by atoms with Crippen molar-refractivity contribution in [1.29, 1.82) is 0 Å². The van der Waals surface area contributed by atoms with Crippen LogP contribution in [-0.4, -0.2) is 68.1 Å². The summed E-state index contributed by atoms with van der Waals surface area (Å²) < 4.78 is 10.7. The molecule has 134 valence electrons. The van der Waals surface area contributed by atoms with Gasteiger partial charge in [-0.25, -0.2) is 4.79 Å². The van der Waals surface area contributed by atoms with E-state index in [0.717, 1.165) is 65.1 Å². The molecule has 1 amide bonds. The predicted molar refractivity (Wildman–Crippen MR) is 90.7 cm³/mol. The second-order valence-corrected chi connectivity index (χ2v) is 7.60. The molecular weight excluding hydrogens is 294 g/mol. The number of morpholine rings is 1. The lowest BCUT2D eigenvalue weighted by Gasteiger charge is -2.32. The molecular formula is C17H33N3O3. The van der Waals surface area contributed by atoms with Crippen LogP contribution >= 0.6 is 0 Å². The van der Waals surface area contributed by atoms with E-state index in [1.807, 2.05) is 20.8 Å². The van der Waals surface area contributed by atoms with Crippen LogP contribution < -0.4 is 10.6 Å². The molecule has 0 unspecified atom stereocenters. The molecule has 1 heterocycles. The number of hydrogen-bond acceptors (Lipinski definition) is 5. The van der Waals surface area contributed by atoms with Crippen molar-refractivity contribution in [2.45, 2.75) is 64.1 Å². The van der Waals surface area contributed by atoms with Crippen molar-refractivity contribution in [3.8, 4) is 0 Å². The lowest BCUT2D eigenvalue weighted by Crippen LogP contribution is -2.46. The van der Waals surface area contributed by atoms with E-state index in [-0.39, 0.29) is 12.1 Å². The molecule has 0 spiro atoms. The first-order chi connectivity index (χ1) is 10.9. The van der Waals surface area contributed by atoms with Crippen LogP contribution in [0.4, 0.5) is 4.79 Å². The fourth-order valence-corrected chi connectivity index (χ4v) is 3.17. The van der Waals surface area contributed by atoms with E-state index in [2.05, 4.69) is 15.5 Å². The van der Waals surface area contributed by atoms with E-state index in [1.54, 1.807) is 0 Å². The molecule has 1 aliphatic heterocycles. The van der Waals surface area contributed by atoms with Gasteiger partial charge in [0.25, 0.3) is 0 Å². The third-order valence-electron chi connectivity index (χ3n) is 4.41. The summed E-state index contributed by atoms with van der Waals surface area (Å²) in [7, 11) is 0. The summed E-state index contributed by atoms with van der Waals surface area (Å²) in [6.07, 6.45) is 3.98. The maximum Gasteiger partial charge on any atom is 0.407 e. The molecule has 23 heavy (non-hydrogen) atoms. The van der Waals surface area contributed by atoms with E-state index in [9.17, 15) is 4.79 Å². The van der Waals surface area contributed by atoms with E-state index in [1.165, 1.54) is 0 Å². The molecule has 1 saturated carbocycles. The summed E-state index contributed by atoms with van der Waals surface area (Å²) in [5, 5.41) is 6.65. The lowest BCUT2D eigenvalue weighted by molar-refractivity contribution is 0.0377. The van der Waals surface area contributed by atoms with Crippen LogP contribution in [0.5, 0.6) is 0 Å². The number of nitrogens with one attached hydrogen (secondary N) is 2. The van der Waals surface area contributed by atoms with E-state index < -0.39 is 5.60 Å². The number of amides is 1. The molecule has 0 aromatic rings. The third kappa shape index (κ3) is 7.50. The molecule has 0 atom stereocenters. The first-order valence-electron chi connectivity index (χ1n) is 8.95. The number of carbonyl (C=O) groups excluding carboxylic acids is 1. The van der Waals surface area contributed by atoms with Crippen molar-refractivity contribution in [2.75, 3.05) is 39.4 Å². The number of ether oxygens (including phenoxy) is 2. The van der Waals surface area contributed by atoms with Crippen molar-refractivity contribution in [3.63, 3.8) is 0 Å². The van der Waals surface area contributed by atoms with Crippen molar-refractivity contribution >= 4 is 6.09 Å². The average molecular weight is 327 g/mol. The number of alkyl carbamates (subject to hydrolysis) is 1. The second kappa shape index (κ2) is 8.85. The molecule has 2 fully saturated rings. The van der Waals surface area contributed by atoms with Crippen LogP contribution in [0.1, 0.15) is 46.5 Å². The van der Waals surface area contributed by atoms with Crippen LogP contribution in [-0.2, 0) is 9.47 Å². The SMILES string of the molecule is CC(C)(C)OC(=O)NC1CCC(NCCN2CCOCC2)CC1. The monoisotopic (exact) mass is 327 g/mol. The van der Waals surface area contributed by atoms with Gasteiger partial charge in [0.1, 0.15) is 5.60 Å². The highest BCUT2D eigenvalue weighted by Crippen LogP contribution is 2.19. The van der Waals surface area contributed by atoms with Gasteiger partial charge in [-0.1, -0.05) is 0 Å². The Hall–Kier alpha value is -0.850. The summed E-state index contributed by atoms with van der Waals surface area (Å²) in [5.41, 5.74) is -0.428. The van der Waals surface area contributed by atoms with Gasteiger partial charge in [0.15, 0.2) is 0 Å². The Bertz CT molecular complexity index is 357. The van der Waals surface area contributed by atoms with Crippen LogP contribution in [0.25, 0.3) is 0 Å². The van der Waals surface area contributed by atoms with Crippen LogP contribution in [0, 0.1) is 0 Å².